The van der Waals surface area contributed by atoms with Crippen molar-refractivity contribution in [3.05, 3.63) is 59.3 Å². The van der Waals surface area contributed by atoms with Gasteiger partial charge in [0.05, 0.1) is 6.26 Å². The van der Waals surface area contributed by atoms with Gasteiger partial charge in [-0.25, -0.2) is 4.39 Å². The number of aliphatic hydroxyl groups excluding tert-OH is 1. The predicted octanol–water partition coefficient (Wildman–Crippen LogP) is 2.73. The maximum absolute atomic E-state index is 13.3. The first-order chi connectivity index (χ1) is 9.24. The predicted molar refractivity (Wildman–Crippen MR) is 69.1 cm³/mol. The summed E-state index contributed by atoms with van der Waals surface area (Å²) in [4.78, 5) is 0. The second kappa shape index (κ2) is 5.15. The molecule has 1 aromatic heterocycles. The maximum Gasteiger partial charge on any atom is 0.133 e. The molecule has 1 aliphatic rings. The van der Waals surface area contributed by atoms with Crippen molar-refractivity contribution < 1.29 is 13.9 Å². The lowest BCUT2D eigenvalue weighted by atomic mass is 10.1. The van der Waals surface area contributed by atoms with Crippen molar-refractivity contribution in [1.29, 1.82) is 0 Å². The zero-order valence-corrected chi connectivity index (χ0v) is 10.5. The van der Waals surface area contributed by atoms with E-state index in [0.29, 0.717) is 12.3 Å². The van der Waals surface area contributed by atoms with Gasteiger partial charge in [-0.3, -0.25) is 0 Å². The van der Waals surface area contributed by atoms with Crippen molar-refractivity contribution in [2.45, 2.75) is 25.0 Å². The summed E-state index contributed by atoms with van der Waals surface area (Å²) in [6.07, 6.45) is 2.75. The lowest BCUT2D eigenvalue weighted by molar-refractivity contribution is 0.143. The molecule has 2 unspecified atom stereocenters. The first-order valence-corrected chi connectivity index (χ1v) is 6.47. The number of hydrogen-bond donors (Lipinski definition) is 2. The van der Waals surface area contributed by atoms with E-state index < -0.39 is 6.10 Å². The number of furan rings is 1. The molecule has 1 aliphatic carbocycles. The zero-order valence-electron chi connectivity index (χ0n) is 10.5. The van der Waals surface area contributed by atoms with Gasteiger partial charge in [-0.2, -0.15) is 0 Å². The molecule has 0 saturated heterocycles. The Hall–Kier alpha value is -1.65. The molecule has 100 valence electrons. The monoisotopic (exact) mass is 261 g/mol. The third-order valence-corrected chi connectivity index (χ3v) is 3.61. The fourth-order valence-corrected chi connectivity index (χ4v) is 2.62. The van der Waals surface area contributed by atoms with Gasteiger partial charge in [0, 0.05) is 12.6 Å². The van der Waals surface area contributed by atoms with Crippen LogP contribution in [0.15, 0.2) is 41.0 Å². The first kappa shape index (κ1) is 12.4. The van der Waals surface area contributed by atoms with Crippen molar-refractivity contribution in [3.63, 3.8) is 0 Å². The molecule has 0 saturated carbocycles. The van der Waals surface area contributed by atoms with Crippen LogP contribution in [0.4, 0.5) is 4.39 Å². The van der Waals surface area contributed by atoms with E-state index >= 15 is 0 Å². The molecule has 0 amide bonds. The lowest BCUT2D eigenvalue weighted by Gasteiger charge is -2.16. The summed E-state index contributed by atoms with van der Waals surface area (Å²) in [5, 5.41) is 13.2. The molecule has 19 heavy (non-hydrogen) atoms. The molecular weight excluding hydrogens is 245 g/mol. The highest BCUT2D eigenvalue weighted by atomic mass is 19.1. The van der Waals surface area contributed by atoms with Crippen LogP contribution in [-0.4, -0.2) is 11.7 Å². The summed E-state index contributed by atoms with van der Waals surface area (Å²) in [6, 6.07) is 8.52. The van der Waals surface area contributed by atoms with Crippen LogP contribution in [0.1, 0.15) is 35.5 Å². The Bertz CT molecular complexity index is 553. The van der Waals surface area contributed by atoms with Crippen molar-refractivity contribution in [3.8, 4) is 0 Å². The average Bonchev–Trinajstić information content (AvgIpc) is 3.05. The van der Waals surface area contributed by atoms with Crippen LogP contribution in [-0.2, 0) is 6.42 Å². The average molecular weight is 261 g/mol. The number of fused-ring (bicyclic) bond motifs is 1. The van der Waals surface area contributed by atoms with Crippen LogP contribution in [0.3, 0.4) is 0 Å². The molecule has 3 rings (SSSR count). The van der Waals surface area contributed by atoms with Crippen LogP contribution in [0.25, 0.3) is 0 Å². The number of rotatable bonds is 4. The van der Waals surface area contributed by atoms with Crippen LogP contribution in [0, 0.1) is 5.82 Å². The van der Waals surface area contributed by atoms with Crippen LogP contribution in [0.2, 0.25) is 0 Å². The van der Waals surface area contributed by atoms with E-state index in [0.717, 1.165) is 18.4 Å². The molecule has 0 bridgehead atoms. The van der Waals surface area contributed by atoms with E-state index in [1.165, 1.54) is 11.6 Å². The summed E-state index contributed by atoms with van der Waals surface area (Å²) in [5.41, 5.74) is 2.19. The molecular formula is C15H16FNO2. The van der Waals surface area contributed by atoms with Gasteiger partial charge in [0.25, 0.3) is 0 Å². The number of aryl methyl sites for hydroxylation is 1. The molecule has 0 fully saturated rings. The molecule has 1 heterocycles. The van der Waals surface area contributed by atoms with E-state index in [-0.39, 0.29) is 11.9 Å². The van der Waals surface area contributed by atoms with E-state index in [9.17, 15) is 9.50 Å². The minimum absolute atomic E-state index is 0.107. The van der Waals surface area contributed by atoms with E-state index in [1.54, 1.807) is 24.5 Å². The Balaban J connectivity index is 1.65. The van der Waals surface area contributed by atoms with Gasteiger partial charge >= 0.3 is 0 Å². The molecule has 0 aliphatic heterocycles. The first-order valence-electron chi connectivity index (χ1n) is 6.47. The minimum atomic E-state index is -0.674. The van der Waals surface area contributed by atoms with Crippen molar-refractivity contribution in [1.82, 2.24) is 5.32 Å². The third kappa shape index (κ3) is 2.55. The Morgan fingerprint density at radius 3 is 3.11 bits per heavy atom. The normalized spacial score (nSPS) is 19.4. The lowest BCUT2D eigenvalue weighted by Crippen LogP contribution is -2.25. The number of aliphatic hydroxyl groups is 1. The SMILES string of the molecule is OC(CNC1CCc2ccc(F)cc21)c1ccco1. The second-order valence-corrected chi connectivity index (χ2v) is 4.87. The molecule has 4 heteroatoms. The Kier molecular flexibility index (Phi) is 3.36. The summed E-state index contributed by atoms with van der Waals surface area (Å²) in [7, 11) is 0. The Labute approximate surface area is 111 Å². The maximum atomic E-state index is 13.3. The van der Waals surface area contributed by atoms with Gasteiger partial charge in [-0.1, -0.05) is 6.07 Å². The number of nitrogens with one attached hydrogen (secondary N) is 1. The van der Waals surface area contributed by atoms with Crippen LogP contribution >= 0.6 is 0 Å². The molecule has 2 N–H and O–H groups in total. The van der Waals surface area contributed by atoms with Gasteiger partial charge in [-0.15, -0.1) is 0 Å². The van der Waals surface area contributed by atoms with Crippen LogP contribution < -0.4 is 5.32 Å². The molecule has 2 aromatic rings. The molecule has 0 radical (unpaired) electrons. The van der Waals surface area contributed by atoms with E-state index in [1.807, 2.05) is 6.07 Å². The Morgan fingerprint density at radius 2 is 2.32 bits per heavy atom. The number of benzene rings is 1. The van der Waals surface area contributed by atoms with Crippen molar-refractivity contribution >= 4 is 0 Å². The van der Waals surface area contributed by atoms with Gasteiger partial charge in [-0.05, 0) is 48.2 Å². The molecule has 0 spiro atoms. The number of halogens is 1. The summed E-state index contributed by atoms with van der Waals surface area (Å²) in [5.74, 6) is 0.337. The fourth-order valence-electron chi connectivity index (χ4n) is 2.62. The third-order valence-electron chi connectivity index (χ3n) is 3.61. The molecule has 2 atom stereocenters. The largest absolute Gasteiger partial charge is 0.467 e. The van der Waals surface area contributed by atoms with E-state index in [2.05, 4.69) is 5.32 Å². The fraction of sp³-hybridized carbons (Fsp3) is 0.333. The summed E-state index contributed by atoms with van der Waals surface area (Å²) >= 11 is 0. The topological polar surface area (TPSA) is 45.4 Å². The quantitative estimate of drug-likeness (QED) is 0.889. The van der Waals surface area contributed by atoms with E-state index in [4.69, 9.17) is 4.42 Å². The summed E-state index contributed by atoms with van der Waals surface area (Å²) in [6.45, 7) is 0.397. The summed E-state index contributed by atoms with van der Waals surface area (Å²) < 4.78 is 18.4. The highest BCUT2D eigenvalue weighted by Crippen LogP contribution is 2.31. The van der Waals surface area contributed by atoms with Crippen molar-refractivity contribution in [2.75, 3.05) is 6.54 Å². The Morgan fingerprint density at radius 1 is 1.42 bits per heavy atom. The standard InChI is InChI=1S/C15H16FNO2/c16-11-5-3-10-4-6-13(12(10)8-11)17-9-14(18)15-2-1-7-19-15/h1-3,5,7-8,13-14,17-18H,4,6,9H2. The van der Waals surface area contributed by atoms with Gasteiger partial charge in [0.2, 0.25) is 0 Å². The van der Waals surface area contributed by atoms with Crippen molar-refractivity contribution in [2.24, 2.45) is 0 Å². The highest BCUT2D eigenvalue weighted by molar-refractivity contribution is 5.35. The minimum Gasteiger partial charge on any atom is -0.467 e. The van der Waals surface area contributed by atoms with Gasteiger partial charge < -0.3 is 14.8 Å². The van der Waals surface area contributed by atoms with Gasteiger partial charge in [0.15, 0.2) is 0 Å². The zero-order chi connectivity index (χ0) is 13.2. The molecule has 1 aromatic carbocycles. The second-order valence-electron chi connectivity index (χ2n) is 4.87. The van der Waals surface area contributed by atoms with Crippen LogP contribution in [0.5, 0.6) is 0 Å². The van der Waals surface area contributed by atoms with Gasteiger partial charge in [0.1, 0.15) is 17.7 Å². The smallest absolute Gasteiger partial charge is 0.133 e. The number of hydrogen-bond acceptors (Lipinski definition) is 3. The molecule has 3 nitrogen and oxygen atoms in total. The highest BCUT2D eigenvalue weighted by Gasteiger charge is 2.23.